The van der Waals surface area contributed by atoms with Crippen molar-refractivity contribution < 1.29 is 5.11 Å². The zero-order chi connectivity index (χ0) is 12.4. The van der Waals surface area contributed by atoms with Crippen molar-refractivity contribution in [3.05, 3.63) is 42.1 Å². The predicted molar refractivity (Wildman–Crippen MR) is 73.3 cm³/mol. The lowest BCUT2D eigenvalue weighted by Crippen LogP contribution is -2.05. The van der Waals surface area contributed by atoms with E-state index in [0.717, 1.165) is 22.9 Å². The molecule has 2 nitrogen and oxygen atoms in total. The quantitative estimate of drug-likeness (QED) is 0.885. The molecule has 1 aliphatic carbocycles. The summed E-state index contributed by atoms with van der Waals surface area (Å²) >= 11 is 0. The van der Waals surface area contributed by atoms with E-state index in [9.17, 15) is 5.11 Å². The molecule has 0 spiro atoms. The van der Waals surface area contributed by atoms with E-state index in [4.69, 9.17) is 0 Å². The molecule has 94 valence electrons. The van der Waals surface area contributed by atoms with Crippen LogP contribution in [0, 0.1) is 5.92 Å². The number of hydrogen-bond acceptors (Lipinski definition) is 2. The van der Waals surface area contributed by atoms with E-state index >= 15 is 0 Å². The van der Waals surface area contributed by atoms with Gasteiger partial charge in [-0.2, -0.15) is 0 Å². The molecule has 0 amide bonds. The lowest BCUT2D eigenvalue weighted by atomic mass is 9.94. The van der Waals surface area contributed by atoms with Crippen molar-refractivity contribution in [3.63, 3.8) is 0 Å². The van der Waals surface area contributed by atoms with Crippen molar-refractivity contribution in [2.45, 2.75) is 38.2 Å². The first-order chi connectivity index (χ1) is 8.84. The van der Waals surface area contributed by atoms with Gasteiger partial charge in [0.2, 0.25) is 0 Å². The summed E-state index contributed by atoms with van der Waals surface area (Å²) in [5.41, 5.74) is 1.94. The largest absolute Gasteiger partial charge is 0.388 e. The van der Waals surface area contributed by atoms with E-state index in [-0.39, 0.29) is 6.10 Å². The highest BCUT2D eigenvalue weighted by molar-refractivity contribution is 5.81. The summed E-state index contributed by atoms with van der Waals surface area (Å²) in [7, 11) is 0. The Kier molecular flexibility index (Phi) is 3.28. The molecule has 2 heteroatoms. The second-order valence-electron chi connectivity index (χ2n) is 5.32. The molecule has 0 saturated heterocycles. The fourth-order valence-corrected chi connectivity index (χ4v) is 3.09. The van der Waals surface area contributed by atoms with E-state index in [1.807, 2.05) is 30.3 Å². The maximum Gasteiger partial charge on any atom is 0.0813 e. The minimum atomic E-state index is -0.369. The number of benzene rings is 1. The molecular formula is C16H19NO. The van der Waals surface area contributed by atoms with Crippen LogP contribution in [0.5, 0.6) is 0 Å². The van der Waals surface area contributed by atoms with Crippen molar-refractivity contribution in [2.24, 2.45) is 5.92 Å². The van der Waals surface area contributed by atoms with Gasteiger partial charge in [0.15, 0.2) is 0 Å². The van der Waals surface area contributed by atoms with Gasteiger partial charge in [0, 0.05) is 17.1 Å². The van der Waals surface area contributed by atoms with Gasteiger partial charge in [-0.3, -0.25) is 4.98 Å². The average Bonchev–Trinajstić information content (AvgIpc) is 2.91. The second kappa shape index (κ2) is 5.07. The average molecular weight is 241 g/mol. The number of rotatable bonds is 3. The van der Waals surface area contributed by atoms with Crippen LogP contribution in [0.1, 0.15) is 43.8 Å². The first-order valence-electron chi connectivity index (χ1n) is 6.86. The third-order valence-corrected chi connectivity index (χ3v) is 4.05. The van der Waals surface area contributed by atoms with E-state index in [1.54, 1.807) is 6.20 Å². The third kappa shape index (κ3) is 2.25. The van der Waals surface area contributed by atoms with Crippen LogP contribution in [0.3, 0.4) is 0 Å². The third-order valence-electron chi connectivity index (χ3n) is 4.05. The topological polar surface area (TPSA) is 33.1 Å². The van der Waals surface area contributed by atoms with Crippen molar-refractivity contribution >= 4 is 10.9 Å². The fraction of sp³-hybridized carbons (Fsp3) is 0.438. The molecule has 1 aromatic carbocycles. The number of hydrogen-bond donors (Lipinski definition) is 1. The Morgan fingerprint density at radius 1 is 1.17 bits per heavy atom. The molecule has 3 rings (SSSR count). The summed E-state index contributed by atoms with van der Waals surface area (Å²) in [6.07, 6.45) is 7.51. The molecule has 1 aromatic heterocycles. The Balaban J connectivity index is 1.88. The molecule has 0 radical (unpaired) electrons. The molecule has 0 aliphatic heterocycles. The molecule has 1 fully saturated rings. The highest BCUT2D eigenvalue weighted by Crippen LogP contribution is 2.34. The van der Waals surface area contributed by atoms with Gasteiger partial charge >= 0.3 is 0 Å². The maximum atomic E-state index is 10.4. The van der Waals surface area contributed by atoms with Crippen LogP contribution in [0.2, 0.25) is 0 Å². The molecule has 18 heavy (non-hydrogen) atoms. The normalized spacial score (nSPS) is 18.3. The number of para-hydroxylation sites is 1. The number of aliphatic hydroxyl groups excluding tert-OH is 1. The molecule has 1 N–H and O–H groups in total. The number of fused-ring (bicyclic) bond motifs is 1. The highest BCUT2D eigenvalue weighted by atomic mass is 16.3. The predicted octanol–water partition coefficient (Wildman–Crippen LogP) is 3.85. The van der Waals surface area contributed by atoms with Gasteiger partial charge in [0.25, 0.3) is 0 Å². The Labute approximate surface area is 108 Å². The maximum absolute atomic E-state index is 10.4. The standard InChI is InChI=1S/C16H19NO/c18-15(11-12-5-1-2-6-12)14-9-3-7-13-8-4-10-17-16(13)14/h3-4,7-10,12,15,18H,1-2,5-6,11H2. The summed E-state index contributed by atoms with van der Waals surface area (Å²) in [5.74, 6) is 0.693. The van der Waals surface area contributed by atoms with Gasteiger partial charge in [-0.05, 0) is 18.4 Å². The fourth-order valence-electron chi connectivity index (χ4n) is 3.09. The molecule has 2 aromatic rings. The van der Waals surface area contributed by atoms with Crippen LogP contribution in [0.25, 0.3) is 10.9 Å². The van der Waals surface area contributed by atoms with Crippen LogP contribution in [-0.2, 0) is 0 Å². The van der Waals surface area contributed by atoms with Gasteiger partial charge < -0.3 is 5.11 Å². The Morgan fingerprint density at radius 2 is 1.94 bits per heavy atom. The van der Waals surface area contributed by atoms with Crippen LogP contribution in [-0.4, -0.2) is 10.1 Å². The van der Waals surface area contributed by atoms with Gasteiger partial charge in [-0.15, -0.1) is 0 Å². The molecule has 1 unspecified atom stereocenters. The summed E-state index contributed by atoms with van der Waals surface area (Å²) in [4.78, 5) is 4.42. The number of nitrogens with zero attached hydrogens (tertiary/aromatic N) is 1. The SMILES string of the molecule is OC(CC1CCCC1)c1cccc2cccnc12. The summed E-state index contributed by atoms with van der Waals surface area (Å²) in [5, 5.41) is 11.6. The van der Waals surface area contributed by atoms with Crippen molar-refractivity contribution in [2.75, 3.05) is 0 Å². The molecule has 1 atom stereocenters. The van der Waals surface area contributed by atoms with E-state index in [0.29, 0.717) is 5.92 Å². The van der Waals surface area contributed by atoms with Gasteiger partial charge in [-0.25, -0.2) is 0 Å². The molecule has 1 heterocycles. The van der Waals surface area contributed by atoms with E-state index in [1.165, 1.54) is 25.7 Å². The molecule has 0 bridgehead atoms. The lowest BCUT2D eigenvalue weighted by Gasteiger charge is -2.16. The summed E-state index contributed by atoms with van der Waals surface area (Å²) in [6.45, 7) is 0. The van der Waals surface area contributed by atoms with Crippen molar-refractivity contribution in [1.29, 1.82) is 0 Å². The van der Waals surface area contributed by atoms with E-state index < -0.39 is 0 Å². The van der Waals surface area contributed by atoms with Crippen LogP contribution in [0.15, 0.2) is 36.5 Å². The van der Waals surface area contributed by atoms with Gasteiger partial charge in [-0.1, -0.05) is 49.9 Å². The highest BCUT2D eigenvalue weighted by Gasteiger charge is 2.21. The monoisotopic (exact) mass is 241 g/mol. The van der Waals surface area contributed by atoms with Gasteiger partial charge in [0.1, 0.15) is 0 Å². The molecule has 1 saturated carbocycles. The van der Waals surface area contributed by atoms with Crippen molar-refractivity contribution in [3.8, 4) is 0 Å². The zero-order valence-corrected chi connectivity index (χ0v) is 10.5. The Hall–Kier alpha value is -1.41. The minimum Gasteiger partial charge on any atom is -0.388 e. The van der Waals surface area contributed by atoms with Crippen LogP contribution in [0.4, 0.5) is 0 Å². The smallest absolute Gasteiger partial charge is 0.0813 e. The molecule has 1 aliphatic rings. The Morgan fingerprint density at radius 3 is 2.78 bits per heavy atom. The number of pyridine rings is 1. The minimum absolute atomic E-state index is 0.369. The summed E-state index contributed by atoms with van der Waals surface area (Å²) in [6, 6.07) is 10.1. The van der Waals surface area contributed by atoms with Crippen molar-refractivity contribution in [1.82, 2.24) is 4.98 Å². The lowest BCUT2D eigenvalue weighted by molar-refractivity contribution is 0.146. The number of aromatic nitrogens is 1. The number of aliphatic hydroxyl groups is 1. The zero-order valence-electron chi connectivity index (χ0n) is 10.5. The van der Waals surface area contributed by atoms with Crippen LogP contribution >= 0.6 is 0 Å². The molecular weight excluding hydrogens is 222 g/mol. The van der Waals surface area contributed by atoms with Gasteiger partial charge in [0.05, 0.1) is 11.6 Å². The summed E-state index contributed by atoms with van der Waals surface area (Å²) < 4.78 is 0. The second-order valence-corrected chi connectivity index (χ2v) is 5.32. The van der Waals surface area contributed by atoms with Crippen LogP contribution < -0.4 is 0 Å². The van der Waals surface area contributed by atoms with E-state index in [2.05, 4.69) is 4.98 Å². The Bertz CT molecular complexity index is 526. The first kappa shape index (κ1) is 11.7. The first-order valence-corrected chi connectivity index (χ1v) is 6.86.